The summed E-state index contributed by atoms with van der Waals surface area (Å²) < 4.78 is 47.1. The van der Waals surface area contributed by atoms with Crippen LogP contribution in [-0.4, -0.2) is 37.5 Å². The number of anilines is 1. The second-order valence-electron chi connectivity index (χ2n) is 5.73. The summed E-state index contributed by atoms with van der Waals surface area (Å²) in [6.07, 6.45) is 0. The first-order chi connectivity index (χ1) is 13.8. The van der Waals surface area contributed by atoms with Crippen LogP contribution in [-0.2, 0) is 14.3 Å². The third-order valence-electron chi connectivity index (χ3n) is 3.56. The number of esters is 1. The number of carbonyl (C=O) groups excluding carboxylic acids is 3. The lowest BCUT2D eigenvalue weighted by atomic mass is 10.2. The van der Waals surface area contributed by atoms with Crippen molar-refractivity contribution in [3.8, 4) is 5.75 Å². The van der Waals surface area contributed by atoms with Crippen LogP contribution in [0.25, 0.3) is 0 Å². The third kappa shape index (κ3) is 6.83. The van der Waals surface area contributed by atoms with E-state index in [0.717, 1.165) is 6.07 Å². The maximum Gasteiger partial charge on any atom is 0.387 e. The van der Waals surface area contributed by atoms with E-state index in [1.807, 2.05) is 0 Å². The summed E-state index contributed by atoms with van der Waals surface area (Å²) in [6.45, 7) is -2.81. The quantitative estimate of drug-likeness (QED) is 0.653. The fourth-order valence-corrected chi connectivity index (χ4v) is 2.17. The number of nitrogens with one attached hydrogen (secondary N) is 2. The number of ether oxygens (including phenoxy) is 2. The summed E-state index contributed by atoms with van der Waals surface area (Å²) >= 11 is 0. The molecule has 154 valence electrons. The molecular formula is C19H17F3N2O5. The van der Waals surface area contributed by atoms with Crippen molar-refractivity contribution in [2.24, 2.45) is 0 Å². The van der Waals surface area contributed by atoms with Gasteiger partial charge < -0.3 is 20.1 Å². The zero-order chi connectivity index (χ0) is 21.4. The molecule has 0 aromatic heterocycles. The molecule has 0 bridgehead atoms. The van der Waals surface area contributed by atoms with Gasteiger partial charge in [-0.3, -0.25) is 14.4 Å². The van der Waals surface area contributed by atoms with Gasteiger partial charge in [-0.2, -0.15) is 8.78 Å². The van der Waals surface area contributed by atoms with Crippen molar-refractivity contribution < 1.29 is 37.0 Å². The highest BCUT2D eigenvalue weighted by Crippen LogP contribution is 2.20. The van der Waals surface area contributed by atoms with Crippen LogP contribution in [0, 0.1) is 12.7 Å². The van der Waals surface area contributed by atoms with Gasteiger partial charge in [0.25, 0.3) is 11.8 Å². The molecule has 2 rings (SSSR count). The van der Waals surface area contributed by atoms with Crippen LogP contribution < -0.4 is 15.4 Å². The monoisotopic (exact) mass is 410 g/mol. The smallest absolute Gasteiger partial charge is 0.387 e. The Bertz CT molecular complexity index is 905. The molecule has 2 aromatic rings. The number of para-hydroxylation sites is 1. The topological polar surface area (TPSA) is 93.7 Å². The first kappa shape index (κ1) is 21.7. The molecule has 0 radical (unpaired) electrons. The summed E-state index contributed by atoms with van der Waals surface area (Å²) in [5.74, 6) is -3.33. The summed E-state index contributed by atoms with van der Waals surface area (Å²) in [5, 5.41) is 4.53. The van der Waals surface area contributed by atoms with Crippen molar-refractivity contribution in [3.63, 3.8) is 0 Å². The van der Waals surface area contributed by atoms with Crippen LogP contribution in [0.15, 0.2) is 42.5 Å². The van der Waals surface area contributed by atoms with E-state index < -0.39 is 43.4 Å². The van der Waals surface area contributed by atoms with E-state index in [9.17, 15) is 27.6 Å². The van der Waals surface area contributed by atoms with Gasteiger partial charge in [-0.25, -0.2) is 4.39 Å². The van der Waals surface area contributed by atoms with Gasteiger partial charge in [0.15, 0.2) is 6.61 Å². The van der Waals surface area contributed by atoms with Gasteiger partial charge in [0.1, 0.15) is 18.1 Å². The predicted octanol–water partition coefficient (Wildman–Crippen LogP) is 2.65. The zero-order valence-corrected chi connectivity index (χ0v) is 15.2. The van der Waals surface area contributed by atoms with Crippen LogP contribution in [0.2, 0.25) is 0 Å². The lowest BCUT2D eigenvalue weighted by molar-refractivity contribution is -0.146. The molecule has 0 saturated carbocycles. The molecular weight excluding hydrogens is 393 g/mol. The van der Waals surface area contributed by atoms with Gasteiger partial charge in [0, 0.05) is 5.69 Å². The highest BCUT2D eigenvalue weighted by Gasteiger charge is 2.16. The van der Waals surface area contributed by atoms with E-state index >= 15 is 0 Å². The Labute approximate surface area is 163 Å². The largest absolute Gasteiger partial charge is 0.454 e. The molecule has 0 aliphatic heterocycles. The normalized spacial score (nSPS) is 10.4. The molecule has 2 amide bonds. The Kier molecular flexibility index (Phi) is 7.58. The molecule has 0 aliphatic carbocycles. The Morgan fingerprint density at radius 2 is 1.83 bits per heavy atom. The van der Waals surface area contributed by atoms with Crippen molar-refractivity contribution in [2.75, 3.05) is 18.5 Å². The van der Waals surface area contributed by atoms with E-state index in [1.165, 1.54) is 36.4 Å². The molecule has 0 fully saturated rings. The van der Waals surface area contributed by atoms with Gasteiger partial charge >= 0.3 is 12.6 Å². The second kappa shape index (κ2) is 10.1. The van der Waals surface area contributed by atoms with E-state index in [0.29, 0.717) is 5.56 Å². The number of halogens is 3. The molecule has 0 heterocycles. The number of rotatable bonds is 8. The van der Waals surface area contributed by atoms with Gasteiger partial charge in [-0.05, 0) is 36.8 Å². The third-order valence-corrected chi connectivity index (χ3v) is 3.56. The minimum absolute atomic E-state index is 0.193. The lowest BCUT2D eigenvalue weighted by Gasteiger charge is -2.11. The fourth-order valence-electron chi connectivity index (χ4n) is 2.17. The number of amides is 2. The summed E-state index contributed by atoms with van der Waals surface area (Å²) in [5.41, 5.74) is 0.406. The number of carbonyl (C=O) groups is 3. The van der Waals surface area contributed by atoms with Crippen LogP contribution >= 0.6 is 0 Å². The minimum atomic E-state index is -3.12. The first-order valence-corrected chi connectivity index (χ1v) is 8.30. The molecule has 7 nitrogen and oxygen atoms in total. The number of hydrogen-bond acceptors (Lipinski definition) is 5. The Morgan fingerprint density at radius 3 is 2.52 bits per heavy atom. The molecule has 0 unspecified atom stereocenters. The predicted molar refractivity (Wildman–Crippen MR) is 96.1 cm³/mol. The average molecular weight is 410 g/mol. The molecule has 0 spiro atoms. The molecule has 0 aliphatic rings. The van der Waals surface area contributed by atoms with Crippen molar-refractivity contribution in [1.29, 1.82) is 0 Å². The molecule has 2 aromatic carbocycles. The van der Waals surface area contributed by atoms with Crippen LogP contribution in [0.1, 0.15) is 15.9 Å². The minimum Gasteiger partial charge on any atom is -0.454 e. The van der Waals surface area contributed by atoms with E-state index in [1.54, 1.807) is 6.92 Å². The first-order valence-electron chi connectivity index (χ1n) is 8.30. The fraction of sp³-hybridized carbons (Fsp3) is 0.211. The Hall–Kier alpha value is -3.56. The van der Waals surface area contributed by atoms with Crippen LogP contribution in [0.3, 0.4) is 0 Å². The average Bonchev–Trinajstić information content (AvgIpc) is 2.67. The highest BCUT2D eigenvalue weighted by molar-refractivity contribution is 5.98. The Morgan fingerprint density at radius 1 is 1.10 bits per heavy atom. The van der Waals surface area contributed by atoms with E-state index in [-0.39, 0.29) is 17.0 Å². The lowest BCUT2D eigenvalue weighted by Crippen LogP contribution is -2.32. The zero-order valence-electron chi connectivity index (χ0n) is 15.2. The van der Waals surface area contributed by atoms with Gasteiger partial charge in [0.05, 0.1) is 5.56 Å². The number of benzene rings is 2. The van der Waals surface area contributed by atoms with Crippen molar-refractivity contribution in [2.45, 2.75) is 13.5 Å². The molecule has 0 saturated heterocycles. The van der Waals surface area contributed by atoms with Crippen molar-refractivity contribution >= 4 is 23.5 Å². The maximum atomic E-state index is 13.4. The standard InChI is InChI=1S/C19H17F3N2O5/c1-11-6-7-12(8-14(11)20)24-16(25)10-28-17(26)9-23-18(27)13-4-2-3-5-15(13)29-19(21)22/h2-8,19H,9-10H2,1H3,(H,23,27)(H,24,25). The number of alkyl halides is 2. The van der Waals surface area contributed by atoms with Gasteiger partial charge in [-0.1, -0.05) is 18.2 Å². The summed E-state index contributed by atoms with van der Waals surface area (Å²) in [7, 11) is 0. The molecule has 2 N–H and O–H groups in total. The van der Waals surface area contributed by atoms with Crippen molar-refractivity contribution in [1.82, 2.24) is 5.32 Å². The maximum absolute atomic E-state index is 13.4. The number of hydrogen-bond donors (Lipinski definition) is 2. The van der Waals surface area contributed by atoms with Crippen LogP contribution in [0.4, 0.5) is 18.9 Å². The Balaban J connectivity index is 1.80. The highest BCUT2D eigenvalue weighted by atomic mass is 19.3. The van der Waals surface area contributed by atoms with Crippen molar-refractivity contribution in [3.05, 3.63) is 59.4 Å². The summed E-state index contributed by atoms with van der Waals surface area (Å²) in [6, 6.07) is 9.34. The van der Waals surface area contributed by atoms with Gasteiger partial charge in [0.2, 0.25) is 0 Å². The van der Waals surface area contributed by atoms with Gasteiger partial charge in [-0.15, -0.1) is 0 Å². The second-order valence-corrected chi connectivity index (χ2v) is 5.73. The summed E-state index contributed by atoms with van der Waals surface area (Å²) in [4.78, 5) is 35.4. The van der Waals surface area contributed by atoms with E-state index in [2.05, 4.69) is 15.4 Å². The molecule has 29 heavy (non-hydrogen) atoms. The SMILES string of the molecule is Cc1ccc(NC(=O)COC(=O)CNC(=O)c2ccccc2OC(F)F)cc1F. The molecule has 0 atom stereocenters. The van der Waals surface area contributed by atoms with Crippen LogP contribution in [0.5, 0.6) is 5.75 Å². The van der Waals surface area contributed by atoms with E-state index in [4.69, 9.17) is 4.74 Å². The molecule has 10 heteroatoms. The number of aryl methyl sites for hydroxylation is 1.